The van der Waals surface area contributed by atoms with Crippen molar-refractivity contribution in [2.45, 2.75) is 35.7 Å². The van der Waals surface area contributed by atoms with Crippen LogP contribution in [0.4, 0.5) is 11.4 Å². The minimum absolute atomic E-state index is 0.0170. The average Bonchev–Trinajstić information content (AvgIpc) is 3.42. The van der Waals surface area contributed by atoms with Crippen LogP contribution in [0.3, 0.4) is 0 Å². The molecule has 0 aromatic heterocycles. The summed E-state index contributed by atoms with van der Waals surface area (Å²) in [6.07, 6.45) is 1.81. The lowest BCUT2D eigenvalue weighted by Gasteiger charge is -2.26. The van der Waals surface area contributed by atoms with Gasteiger partial charge in [-0.25, -0.2) is 21.6 Å². The predicted molar refractivity (Wildman–Crippen MR) is 137 cm³/mol. The summed E-state index contributed by atoms with van der Waals surface area (Å²) >= 11 is 0. The van der Waals surface area contributed by atoms with Crippen molar-refractivity contribution < 1.29 is 35.8 Å². The van der Waals surface area contributed by atoms with Gasteiger partial charge in [-0.15, -0.1) is 0 Å². The molecule has 37 heavy (non-hydrogen) atoms. The minimum Gasteiger partial charge on any atom is -0.462 e. The van der Waals surface area contributed by atoms with Gasteiger partial charge in [0.25, 0.3) is 10.0 Å². The van der Waals surface area contributed by atoms with E-state index in [1.165, 1.54) is 40.7 Å². The van der Waals surface area contributed by atoms with Crippen LogP contribution in [0.5, 0.6) is 0 Å². The number of hydrogen-bond donors (Lipinski definition) is 2. The molecule has 202 valence electrons. The van der Waals surface area contributed by atoms with E-state index in [0.29, 0.717) is 32.1 Å². The molecule has 13 heteroatoms. The molecule has 4 rings (SSSR count). The number of hydrogen-bond acceptors (Lipinski definition) is 9. The van der Waals surface area contributed by atoms with E-state index < -0.39 is 26.0 Å². The predicted octanol–water partition coefficient (Wildman–Crippen LogP) is 2.28. The van der Waals surface area contributed by atoms with Crippen molar-refractivity contribution in [3.63, 3.8) is 0 Å². The molecule has 0 spiro atoms. The molecule has 2 saturated heterocycles. The highest BCUT2D eigenvalue weighted by molar-refractivity contribution is 7.92. The van der Waals surface area contributed by atoms with Gasteiger partial charge in [-0.05, 0) is 62.2 Å². The molecule has 2 fully saturated rings. The van der Waals surface area contributed by atoms with Gasteiger partial charge in [-0.2, -0.15) is 4.31 Å². The van der Waals surface area contributed by atoms with Gasteiger partial charge in [-0.3, -0.25) is 4.72 Å². The molecule has 0 amide bonds. The molecule has 11 nitrogen and oxygen atoms in total. The molecule has 2 N–H and O–H groups in total. The zero-order valence-corrected chi connectivity index (χ0v) is 22.1. The van der Waals surface area contributed by atoms with Crippen LogP contribution in [0, 0.1) is 0 Å². The van der Waals surface area contributed by atoms with E-state index in [1.54, 1.807) is 13.0 Å². The number of nitrogens with one attached hydrogen (secondary N) is 2. The summed E-state index contributed by atoms with van der Waals surface area (Å²) < 4.78 is 72.6. The number of anilines is 2. The van der Waals surface area contributed by atoms with E-state index in [9.17, 15) is 21.6 Å². The monoisotopic (exact) mass is 553 g/mol. The molecule has 1 unspecified atom stereocenters. The van der Waals surface area contributed by atoms with Crippen LogP contribution in [0.1, 0.15) is 30.1 Å². The number of ether oxygens (including phenoxy) is 3. The number of benzene rings is 2. The second-order valence-electron chi connectivity index (χ2n) is 8.59. The summed E-state index contributed by atoms with van der Waals surface area (Å²) in [6, 6.07) is 9.63. The average molecular weight is 554 g/mol. The highest BCUT2D eigenvalue weighted by Gasteiger charge is 2.28. The quantitative estimate of drug-likeness (QED) is 0.424. The van der Waals surface area contributed by atoms with Gasteiger partial charge in [0.1, 0.15) is 0 Å². The van der Waals surface area contributed by atoms with Crippen LogP contribution in [0.2, 0.25) is 0 Å². The van der Waals surface area contributed by atoms with Crippen LogP contribution < -0.4 is 10.0 Å². The van der Waals surface area contributed by atoms with Gasteiger partial charge in [0.15, 0.2) is 0 Å². The Hall–Kier alpha value is -2.71. The molecule has 0 aliphatic carbocycles. The summed E-state index contributed by atoms with van der Waals surface area (Å²) in [5, 5.41) is 3.18. The maximum Gasteiger partial charge on any atom is 0.338 e. The van der Waals surface area contributed by atoms with Gasteiger partial charge >= 0.3 is 5.97 Å². The molecular formula is C24H31N3O8S2. The van der Waals surface area contributed by atoms with Crippen molar-refractivity contribution in [3.05, 3.63) is 48.0 Å². The van der Waals surface area contributed by atoms with E-state index in [2.05, 4.69) is 10.0 Å². The van der Waals surface area contributed by atoms with Crippen molar-refractivity contribution in [3.8, 4) is 0 Å². The Morgan fingerprint density at radius 2 is 1.70 bits per heavy atom. The molecule has 2 aromatic carbocycles. The lowest BCUT2D eigenvalue weighted by atomic mass is 10.2. The summed E-state index contributed by atoms with van der Waals surface area (Å²) in [5.41, 5.74) is 0.725. The van der Waals surface area contributed by atoms with E-state index in [1.807, 2.05) is 0 Å². The molecule has 2 aliphatic heterocycles. The van der Waals surface area contributed by atoms with E-state index >= 15 is 0 Å². The van der Waals surface area contributed by atoms with E-state index in [4.69, 9.17) is 14.2 Å². The normalized spacial score (nSPS) is 18.9. The molecule has 0 bridgehead atoms. The summed E-state index contributed by atoms with van der Waals surface area (Å²) in [7, 11) is -7.97. The number of esters is 1. The zero-order valence-electron chi connectivity index (χ0n) is 20.5. The van der Waals surface area contributed by atoms with Crippen LogP contribution in [-0.2, 0) is 34.3 Å². The Bertz CT molecular complexity index is 1300. The van der Waals surface area contributed by atoms with Crippen LogP contribution in [0.15, 0.2) is 52.3 Å². The minimum atomic E-state index is -4.12. The highest BCUT2D eigenvalue weighted by atomic mass is 32.2. The molecule has 2 heterocycles. The Kier molecular flexibility index (Phi) is 8.70. The van der Waals surface area contributed by atoms with Gasteiger partial charge in [-0.1, -0.05) is 0 Å². The second-order valence-corrected chi connectivity index (χ2v) is 12.2. The molecule has 1 atom stereocenters. The Morgan fingerprint density at radius 1 is 1.00 bits per heavy atom. The fraction of sp³-hybridized carbons (Fsp3) is 0.458. The lowest BCUT2D eigenvalue weighted by molar-refractivity contribution is 0.0526. The summed E-state index contributed by atoms with van der Waals surface area (Å²) in [6.45, 7) is 4.01. The number of nitrogens with zero attached hydrogens (tertiary/aromatic N) is 1. The molecule has 2 aromatic rings. The lowest BCUT2D eigenvalue weighted by Crippen LogP contribution is -2.40. The first-order valence-corrected chi connectivity index (χ1v) is 15.0. The van der Waals surface area contributed by atoms with Crippen molar-refractivity contribution in [1.29, 1.82) is 0 Å². The van der Waals surface area contributed by atoms with Crippen LogP contribution in [-0.4, -0.2) is 79.3 Å². The Balaban J connectivity index is 1.62. The third kappa shape index (κ3) is 6.60. The first-order chi connectivity index (χ1) is 17.7. The van der Waals surface area contributed by atoms with Crippen molar-refractivity contribution in [2.24, 2.45) is 0 Å². The topological polar surface area (TPSA) is 140 Å². The number of sulfonamides is 2. The summed E-state index contributed by atoms with van der Waals surface area (Å²) in [4.78, 5) is 11.8. The van der Waals surface area contributed by atoms with Gasteiger partial charge in [0.05, 0.1) is 52.7 Å². The molecule has 2 aliphatic rings. The number of morpholine rings is 1. The van der Waals surface area contributed by atoms with Crippen molar-refractivity contribution >= 4 is 37.4 Å². The Morgan fingerprint density at radius 3 is 2.35 bits per heavy atom. The van der Waals surface area contributed by atoms with Crippen molar-refractivity contribution in [1.82, 2.24) is 4.31 Å². The van der Waals surface area contributed by atoms with Crippen LogP contribution >= 0.6 is 0 Å². The van der Waals surface area contributed by atoms with E-state index in [0.717, 1.165) is 12.8 Å². The van der Waals surface area contributed by atoms with Gasteiger partial charge in [0.2, 0.25) is 10.0 Å². The first kappa shape index (κ1) is 27.3. The highest BCUT2D eigenvalue weighted by Crippen LogP contribution is 2.30. The maximum atomic E-state index is 13.2. The fourth-order valence-electron chi connectivity index (χ4n) is 4.08. The second kappa shape index (κ2) is 11.8. The van der Waals surface area contributed by atoms with Crippen molar-refractivity contribution in [2.75, 3.05) is 56.1 Å². The number of carbonyl (C=O) groups excluding carboxylic acids is 1. The van der Waals surface area contributed by atoms with Gasteiger partial charge < -0.3 is 19.5 Å². The Labute approximate surface area is 217 Å². The third-order valence-electron chi connectivity index (χ3n) is 6.06. The first-order valence-electron chi connectivity index (χ1n) is 12.1. The SMILES string of the molecule is CCOC(=O)c1ccc(S(=O)(=O)Nc2cc(S(=O)(=O)N3CCOCC3)ccc2NCC2CCCO2)cc1. The molecule has 0 radical (unpaired) electrons. The zero-order chi connectivity index (χ0) is 26.5. The largest absolute Gasteiger partial charge is 0.462 e. The maximum absolute atomic E-state index is 13.2. The third-order valence-corrected chi connectivity index (χ3v) is 9.34. The fourth-order valence-corrected chi connectivity index (χ4v) is 6.58. The number of carbonyl (C=O) groups is 1. The smallest absolute Gasteiger partial charge is 0.338 e. The van der Waals surface area contributed by atoms with E-state index in [-0.39, 0.29) is 46.8 Å². The molecular weight excluding hydrogens is 522 g/mol. The standard InChI is InChI=1S/C24H31N3O8S2/c1-2-34-24(28)18-5-7-20(8-6-18)36(29,30)26-23-16-21(37(31,32)27-11-14-33-15-12-27)9-10-22(23)25-17-19-4-3-13-35-19/h5-10,16,19,25-26H,2-4,11-15,17H2,1H3. The number of rotatable bonds is 10. The summed E-state index contributed by atoms with van der Waals surface area (Å²) in [5.74, 6) is -0.555. The van der Waals surface area contributed by atoms with Gasteiger partial charge in [0, 0.05) is 26.2 Å². The van der Waals surface area contributed by atoms with Crippen LogP contribution in [0.25, 0.3) is 0 Å². The molecule has 0 saturated carbocycles.